The number of nitrogens with zero attached hydrogens (tertiary/aromatic N) is 2. The number of hydrogen-bond acceptors (Lipinski definition) is 4. The summed E-state index contributed by atoms with van der Waals surface area (Å²) in [6, 6.07) is 11.9. The summed E-state index contributed by atoms with van der Waals surface area (Å²) in [4.78, 5) is 34.3. The molecule has 0 radical (unpaired) electrons. The highest BCUT2D eigenvalue weighted by molar-refractivity contribution is 6.09. The van der Waals surface area contributed by atoms with Gasteiger partial charge in [-0.2, -0.15) is 26.3 Å². The highest BCUT2D eigenvalue weighted by atomic mass is 19.4. The van der Waals surface area contributed by atoms with E-state index in [2.05, 4.69) is 20.6 Å². The smallest absolute Gasteiger partial charge is 0.303 e. The minimum Gasteiger partial charge on any atom is -0.303 e. The topological polar surface area (TPSA) is 84.0 Å². The molecule has 0 aliphatic rings. The van der Waals surface area contributed by atoms with Crippen molar-refractivity contribution < 1.29 is 35.9 Å². The molecule has 0 aliphatic heterocycles. The normalized spacial score (nSPS) is 11.9. The van der Waals surface area contributed by atoms with Crippen molar-refractivity contribution in [3.05, 3.63) is 94.0 Å². The predicted molar refractivity (Wildman–Crippen MR) is 128 cm³/mol. The number of fused-ring (bicyclic) bond motifs is 1. The van der Waals surface area contributed by atoms with E-state index in [9.17, 15) is 35.9 Å². The van der Waals surface area contributed by atoms with Gasteiger partial charge in [0.25, 0.3) is 11.8 Å². The van der Waals surface area contributed by atoms with E-state index in [0.717, 1.165) is 12.1 Å². The fourth-order valence-corrected chi connectivity index (χ4v) is 3.69. The molecule has 0 unspecified atom stereocenters. The zero-order chi connectivity index (χ0) is 27.8. The van der Waals surface area contributed by atoms with Gasteiger partial charge in [-0.3, -0.25) is 9.59 Å². The molecule has 0 spiro atoms. The molecule has 12 heteroatoms. The molecule has 0 fully saturated rings. The van der Waals surface area contributed by atoms with Crippen molar-refractivity contribution in [1.82, 2.24) is 9.97 Å². The Morgan fingerprint density at radius 1 is 0.632 bits per heavy atom. The molecule has 4 rings (SSSR count). The van der Waals surface area contributed by atoms with Crippen LogP contribution >= 0.6 is 0 Å². The number of aryl methyl sites for hydroxylation is 2. The Bertz CT molecular complexity index is 1450. The third kappa shape index (κ3) is 5.90. The number of carbonyl (C=O) groups excluding carboxylic acids is 2. The van der Waals surface area contributed by atoms with Gasteiger partial charge in [0.05, 0.1) is 22.2 Å². The third-order valence-corrected chi connectivity index (χ3v) is 5.37. The van der Waals surface area contributed by atoms with E-state index >= 15 is 0 Å². The van der Waals surface area contributed by atoms with E-state index in [-0.39, 0.29) is 44.9 Å². The second-order valence-electron chi connectivity index (χ2n) is 8.49. The number of nitrogens with one attached hydrogen (secondary N) is 2. The van der Waals surface area contributed by atoms with Crippen LogP contribution < -0.4 is 10.6 Å². The Balaban J connectivity index is 1.72. The number of rotatable bonds is 4. The van der Waals surface area contributed by atoms with Crippen molar-refractivity contribution in [3.63, 3.8) is 0 Å². The Morgan fingerprint density at radius 2 is 1.00 bits per heavy atom. The molecule has 6 nitrogen and oxygen atoms in total. The first kappa shape index (κ1) is 26.6. The van der Waals surface area contributed by atoms with Crippen LogP contribution in [-0.2, 0) is 12.4 Å². The summed E-state index contributed by atoms with van der Waals surface area (Å²) >= 11 is 0. The minimum absolute atomic E-state index is 0.183. The Labute approximate surface area is 211 Å². The van der Waals surface area contributed by atoms with Gasteiger partial charge in [0.15, 0.2) is 11.6 Å². The zero-order valence-corrected chi connectivity index (χ0v) is 19.8. The van der Waals surface area contributed by atoms with Gasteiger partial charge >= 0.3 is 12.4 Å². The van der Waals surface area contributed by atoms with Crippen LogP contribution in [0.15, 0.2) is 60.7 Å². The molecule has 0 atom stereocenters. The number of carbonyl (C=O) groups is 2. The maximum absolute atomic E-state index is 13.2. The van der Waals surface area contributed by atoms with Crippen LogP contribution in [0.25, 0.3) is 11.0 Å². The van der Waals surface area contributed by atoms with Gasteiger partial charge in [0.1, 0.15) is 0 Å². The first-order chi connectivity index (χ1) is 17.7. The highest BCUT2D eigenvalue weighted by Crippen LogP contribution is 2.32. The number of anilines is 2. The molecule has 2 amide bonds. The number of alkyl halides is 6. The van der Waals surface area contributed by atoms with Crippen molar-refractivity contribution in [2.45, 2.75) is 26.2 Å². The molecule has 3 aromatic carbocycles. The molecule has 1 heterocycles. The summed E-state index contributed by atoms with van der Waals surface area (Å²) in [5.74, 6) is -2.54. The summed E-state index contributed by atoms with van der Waals surface area (Å²) in [5, 5.41) is 4.71. The lowest BCUT2D eigenvalue weighted by Gasteiger charge is -2.14. The lowest BCUT2D eigenvalue weighted by molar-refractivity contribution is -0.138. The second kappa shape index (κ2) is 9.77. The number of amides is 2. The van der Waals surface area contributed by atoms with Crippen LogP contribution in [0.4, 0.5) is 38.0 Å². The Hall–Kier alpha value is -4.48. The fraction of sp³-hybridized carbons (Fsp3) is 0.154. The number of para-hydroxylation sites is 2. The summed E-state index contributed by atoms with van der Waals surface area (Å²) < 4.78 is 79.4. The molecule has 0 aliphatic carbocycles. The minimum atomic E-state index is -4.69. The van der Waals surface area contributed by atoms with Crippen LogP contribution in [0.1, 0.15) is 43.0 Å². The number of hydrogen-bond donors (Lipinski definition) is 2. The van der Waals surface area contributed by atoms with Gasteiger partial charge in [-0.05, 0) is 73.5 Å². The van der Waals surface area contributed by atoms with E-state index in [0.29, 0.717) is 12.1 Å². The van der Waals surface area contributed by atoms with Crippen LogP contribution in [0, 0.1) is 13.8 Å². The third-order valence-electron chi connectivity index (χ3n) is 5.37. The van der Waals surface area contributed by atoms with Crippen LogP contribution in [0.2, 0.25) is 0 Å². The average molecular weight is 532 g/mol. The molecule has 1 aromatic heterocycles. The first-order valence-corrected chi connectivity index (χ1v) is 11.0. The molecule has 0 saturated heterocycles. The van der Waals surface area contributed by atoms with Crippen molar-refractivity contribution in [2.24, 2.45) is 0 Å². The molecule has 0 bridgehead atoms. The van der Waals surface area contributed by atoms with Gasteiger partial charge < -0.3 is 10.6 Å². The average Bonchev–Trinajstić information content (AvgIpc) is 2.82. The summed E-state index contributed by atoms with van der Waals surface area (Å²) in [5.41, 5.74) is -1.75. The largest absolute Gasteiger partial charge is 0.416 e. The van der Waals surface area contributed by atoms with E-state index in [4.69, 9.17) is 0 Å². The molecular formula is C26H18F6N4O2. The van der Waals surface area contributed by atoms with E-state index in [1.54, 1.807) is 24.3 Å². The summed E-state index contributed by atoms with van der Waals surface area (Å²) in [7, 11) is 0. The number of halogens is 6. The van der Waals surface area contributed by atoms with Gasteiger partial charge in [0.2, 0.25) is 0 Å². The molecular weight excluding hydrogens is 514 g/mol. The Kier molecular flexibility index (Phi) is 6.83. The summed E-state index contributed by atoms with van der Waals surface area (Å²) in [6.07, 6.45) is -9.38. The highest BCUT2D eigenvalue weighted by Gasteiger charge is 2.32. The van der Waals surface area contributed by atoms with Gasteiger partial charge in [-0.1, -0.05) is 12.1 Å². The molecule has 4 aromatic rings. The first-order valence-electron chi connectivity index (χ1n) is 11.0. The van der Waals surface area contributed by atoms with Crippen LogP contribution in [0.3, 0.4) is 0 Å². The standard InChI is InChI=1S/C26H18F6N4O2/c1-13-7-15(11-17(9-13)25(27,28)29)23(37)35-21-22(34-20-6-4-3-5-19(20)33-21)36-24(38)16-8-14(2)10-18(12-16)26(30,31)32/h3-12H,1-2H3,(H,33,35,37)(H,34,36,38). The fourth-order valence-electron chi connectivity index (χ4n) is 3.69. The lowest BCUT2D eigenvalue weighted by Crippen LogP contribution is -2.20. The van der Waals surface area contributed by atoms with E-state index in [1.165, 1.54) is 26.0 Å². The van der Waals surface area contributed by atoms with Crippen LogP contribution in [0.5, 0.6) is 0 Å². The van der Waals surface area contributed by atoms with Gasteiger partial charge in [0, 0.05) is 11.1 Å². The number of benzene rings is 3. The van der Waals surface area contributed by atoms with Gasteiger partial charge in [-0.25, -0.2) is 9.97 Å². The van der Waals surface area contributed by atoms with Crippen molar-refractivity contribution in [1.29, 1.82) is 0 Å². The van der Waals surface area contributed by atoms with Crippen molar-refractivity contribution in [2.75, 3.05) is 10.6 Å². The van der Waals surface area contributed by atoms with Crippen LogP contribution in [-0.4, -0.2) is 21.8 Å². The molecule has 0 saturated carbocycles. The quantitative estimate of drug-likeness (QED) is 0.284. The monoisotopic (exact) mass is 532 g/mol. The molecule has 196 valence electrons. The Morgan fingerprint density at radius 3 is 1.34 bits per heavy atom. The molecule has 2 N–H and O–H groups in total. The van der Waals surface area contributed by atoms with E-state index < -0.39 is 35.3 Å². The SMILES string of the molecule is Cc1cc(C(=O)Nc2nc3ccccc3nc2NC(=O)c2cc(C)cc(C(F)(F)F)c2)cc(C(F)(F)F)c1. The van der Waals surface area contributed by atoms with Crippen molar-refractivity contribution >= 4 is 34.5 Å². The molecule has 38 heavy (non-hydrogen) atoms. The second-order valence-corrected chi connectivity index (χ2v) is 8.49. The predicted octanol–water partition coefficient (Wildman–Crippen LogP) is 6.79. The van der Waals surface area contributed by atoms with Crippen molar-refractivity contribution in [3.8, 4) is 0 Å². The summed E-state index contributed by atoms with van der Waals surface area (Å²) in [6.45, 7) is 2.79. The zero-order valence-electron chi connectivity index (χ0n) is 19.8. The van der Waals surface area contributed by atoms with Gasteiger partial charge in [-0.15, -0.1) is 0 Å². The maximum atomic E-state index is 13.2. The maximum Gasteiger partial charge on any atom is 0.416 e. The van der Waals surface area contributed by atoms with E-state index in [1.807, 2.05) is 0 Å². The lowest BCUT2D eigenvalue weighted by atomic mass is 10.1. The number of aromatic nitrogens is 2.